The molecule has 5 heteroatoms. The Balaban J connectivity index is 1.59. The maximum absolute atomic E-state index is 12.4. The lowest BCUT2D eigenvalue weighted by Gasteiger charge is -2.11. The lowest BCUT2D eigenvalue weighted by Crippen LogP contribution is -2.15. The molecule has 0 spiro atoms. The Morgan fingerprint density at radius 2 is 1.85 bits per heavy atom. The Morgan fingerprint density at radius 3 is 2.54 bits per heavy atom. The molecule has 1 aliphatic rings. The Kier molecular flexibility index (Phi) is 5.69. The Bertz CT molecular complexity index is 812. The second-order valence-electron chi connectivity index (χ2n) is 6.25. The molecule has 5 nitrogen and oxygen atoms in total. The van der Waals surface area contributed by atoms with E-state index in [0.717, 1.165) is 12.8 Å². The van der Waals surface area contributed by atoms with Crippen LogP contribution in [0.2, 0.25) is 0 Å². The summed E-state index contributed by atoms with van der Waals surface area (Å²) in [6.45, 7) is 0. The van der Waals surface area contributed by atoms with Crippen molar-refractivity contribution < 1.29 is 14.3 Å². The molecule has 0 aliphatic heterocycles. The van der Waals surface area contributed by atoms with Gasteiger partial charge in [-0.15, -0.1) is 0 Å². The van der Waals surface area contributed by atoms with E-state index >= 15 is 0 Å². The van der Waals surface area contributed by atoms with E-state index in [1.807, 2.05) is 12.1 Å². The van der Waals surface area contributed by atoms with Gasteiger partial charge in [0.05, 0.1) is 12.8 Å². The van der Waals surface area contributed by atoms with Gasteiger partial charge in [-0.25, -0.2) is 0 Å². The van der Waals surface area contributed by atoms with Crippen molar-refractivity contribution in [3.8, 4) is 5.75 Å². The standard InChI is InChI=1S/C21H22N2O3/c1-26-19-9-5-4-8-18(19)23-21(25)16-10-12-17(13-11-16)22-20(24)14-15-6-2-3-7-15/h2,4-6,8-13,15H,3,7,14H2,1H3,(H,22,24)(H,23,25)/t15-/m1/s1. The molecule has 2 aromatic rings. The molecular formula is C21H22N2O3. The number of anilines is 2. The number of methoxy groups -OCH3 is 1. The highest BCUT2D eigenvalue weighted by molar-refractivity contribution is 6.05. The first-order valence-electron chi connectivity index (χ1n) is 8.66. The molecule has 0 aromatic heterocycles. The summed E-state index contributed by atoms with van der Waals surface area (Å²) in [7, 11) is 1.56. The molecule has 3 rings (SSSR count). The molecule has 0 radical (unpaired) electrons. The van der Waals surface area contributed by atoms with Crippen LogP contribution in [0.15, 0.2) is 60.7 Å². The van der Waals surface area contributed by atoms with Crippen molar-refractivity contribution in [1.82, 2.24) is 0 Å². The van der Waals surface area contributed by atoms with Gasteiger partial charge in [-0.1, -0.05) is 24.3 Å². The fourth-order valence-electron chi connectivity index (χ4n) is 2.96. The van der Waals surface area contributed by atoms with Crippen LogP contribution >= 0.6 is 0 Å². The number of benzene rings is 2. The zero-order valence-corrected chi connectivity index (χ0v) is 14.7. The predicted molar refractivity (Wildman–Crippen MR) is 102 cm³/mol. The Morgan fingerprint density at radius 1 is 1.08 bits per heavy atom. The smallest absolute Gasteiger partial charge is 0.255 e. The minimum atomic E-state index is -0.233. The summed E-state index contributed by atoms with van der Waals surface area (Å²) < 4.78 is 5.23. The van der Waals surface area contributed by atoms with Gasteiger partial charge in [-0.3, -0.25) is 9.59 Å². The number of hydrogen-bond donors (Lipinski definition) is 2. The van der Waals surface area contributed by atoms with Gasteiger partial charge < -0.3 is 15.4 Å². The quantitative estimate of drug-likeness (QED) is 0.766. The average molecular weight is 350 g/mol. The van der Waals surface area contributed by atoms with Crippen LogP contribution in [0.5, 0.6) is 5.75 Å². The maximum Gasteiger partial charge on any atom is 0.255 e. The van der Waals surface area contributed by atoms with Gasteiger partial charge in [-0.2, -0.15) is 0 Å². The van der Waals surface area contributed by atoms with E-state index in [0.29, 0.717) is 35.0 Å². The van der Waals surface area contributed by atoms with Gasteiger partial charge in [0.1, 0.15) is 5.75 Å². The predicted octanol–water partition coefficient (Wildman–Crippen LogP) is 4.24. The first kappa shape index (κ1) is 17.7. The minimum Gasteiger partial charge on any atom is -0.495 e. The lowest BCUT2D eigenvalue weighted by atomic mass is 10.0. The number of amides is 2. The van der Waals surface area contributed by atoms with Crippen LogP contribution in [0.1, 0.15) is 29.6 Å². The minimum absolute atomic E-state index is 0.00669. The molecule has 134 valence electrons. The van der Waals surface area contributed by atoms with Crippen LogP contribution in [-0.4, -0.2) is 18.9 Å². The highest BCUT2D eigenvalue weighted by Crippen LogP contribution is 2.24. The van der Waals surface area contributed by atoms with E-state index in [1.165, 1.54) is 0 Å². The third-order valence-corrected chi connectivity index (χ3v) is 4.35. The van der Waals surface area contributed by atoms with Crippen molar-refractivity contribution in [2.24, 2.45) is 5.92 Å². The third-order valence-electron chi connectivity index (χ3n) is 4.35. The molecule has 0 unspecified atom stereocenters. The monoisotopic (exact) mass is 350 g/mol. The topological polar surface area (TPSA) is 67.4 Å². The van der Waals surface area contributed by atoms with Crippen LogP contribution in [0, 0.1) is 5.92 Å². The Hall–Kier alpha value is -3.08. The largest absolute Gasteiger partial charge is 0.495 e. The molecule has 1 aliphatic carbocycles. The number of ether oxygens (including phenoxy) is 1. The molecule has 0 saturated heterocycles. The zero-order chi connectivity index (χ0) is 18.4. The van der Waals surface area contributed by atoms with E-state index in [9.17, 15) is 9.59 Å². The molecular weight excluding hydrogens is 328 g/mol. The number of carbonyl (C=O) groups excluding carboxylic acids is 2. The zero-order valence-electron chi connectivity index (χ0n) is 14.7. The number of carbonyl (C=O) groups is 2. The number of nitrogens with one attached hydrogen (secondary N) is 2. The van der Waals surface area contributed by atoms with E-state index in [2.05, 4.69) is 22.8 Å². The molecule has 26 heavy (non-hydrogen) atoms. The number of rotatable bonds is 6. The lowest BCUT2D eigenvalue weighted by molar-refractivity contribution is -0.116. The Labute approximate surface area is 153 Å². The normalized spacial score (nSPS) is 15.5. The molecule has 0 bridgehead atoms. The summed E-state index contributed by atoms with van der Waals surface area (Å²) in [5.41, 5.74) is 1.81. The first-order chi connectivity index (χ1) is 12.7. The fourth-order valence-corrected chi connectivity index (χ4v) is 2.96. The van der Waals surface area contributed by atoms with Crippen LogP contribution in [0.3, 0.4) is 0 Å². The molecule has 2 aromatic carbocycles. The van der Waals surface area contributed by atoms with Gasteiger partial charge >= 0.3 is 0 Å². The highest BCUT2D eigenvalue weighted by Gasteiger charge is 2.14. The van der Waals surface area contributed by atoms with Crippen molar-refractivity contribution in [3.05, 3.63) is 66.2 Å². The summed E-state index contributed by atoms with van der Waals surface area (Å²) in [5, 5.41) is 5.71. The first-order valence-corrected chi connectivity index (χ1v) is 8.66. The molecule has 0 saturated carbocycles. The van der Waals surface area contributed by atoms with Crippen molar-refractivity contribution in [1.29, 1.82) is 0 Å². The summed E-state index contributed by atoms with van der Waals surface area (Å²) in [6, 6.07) is 14.1. The van der Waals surface area contributed by atoms with Crippen molar-refractivity contribution in [2.75, 3.05) is 17.7 Å². The highest BCUT2D eigenvalue weighted by atomic mass is 16.5. The summed E-state index contributed by atoms with van der Waals surface area (Å²) in [5.74, 6) is 0.697. The van der Waals surface area contributed by atoms with E-state index in [4.69, 9.17) is 4.74 Å². The molecule has 2 N–H and O–H groups in total. The van der Waals surface area contributed by atoms with Crippen molar-refractivity contribution in [2.45, 2.75) is 19.3 Å². The van der Waals surface area contributed by atoms with Crippen molar-refractivity contribution in [3.63, 3.8) is 0 Å². The van der Waals surface area contributed by atoms with Crippen molar-refractivity contribution >= 4 is 23.2 Å². The molecule has 2 amide bonds. The second kappa shape index (κ2) is 8.34. The van der Waals surface area contributed by atoms with Crippen LogP contribution in [0.4, 0.5) is 11.4 Å². The molecule has 1 atom stereocenters. The van der Waals surface area contributed by atoms with Gasteiger partial charge in [0.2, 0.25) is 5.91 Å². The number of hydrogen-bond acceptors (Lipinski definition) is 3. The SMILES string of the molecule is COc1ccccc1NC(=O)c1ccc(NC(=O)C[C@@H]2C=CCC2)cc1. The van der Waals surface area contributed by atoms with E-state index in [1.54, 1.807) is 43.5 Å². The summed E-state index contributed by atoms with van der Waals surface area (Å²) >= 11 is 0. The third kappa shape index (κ3) is 4.51. The summed E-state index contributed by atoms with van der Waals surface area (Å²) in [4.78, 5) is 24.4. The molecule has 0 heterocycles. The van der Waals surface area contributed by atoms with Gasteiger partial charge in [0.25, 0.3) is 5.91 Å². The molecule has 0 fully saturated rings. The maximum atomic E-state index is 12.4. The van der Waals surface area contributed by atoms with E-state index in [-0.39, 0.29) is 11.8 Å². The van der Waals surface area contributed by atoms with Gasteiger partial charge in [-0.05, 0) is 55.2 Å². The summed E-state index contributed by atoms with van der Waals surface area (Å²) in [6.07, 6.45) is 6.80. The second-order valence-corrected chi connectivity index (χ2v) is 6.25. The van der Waals surface area contributed by atoms with Crippen LogP contribution in [-0.2, 0) is 4.79 Å². The van der Waals surface area contributed by atoms with Crippen LogP contribution in [0.25, 0.3) is 0 Å². The number of para-hydroxylation sites is 2. The van der Waals surface area contributed by atoms with Crippen LogP contribution < -0.4 is 15.4 Å². The van der Waals surface area contributed by atoms with E-state index < -0.39 is 0 Å². The average Bonchev–Trinajstić information content (AvgIpc) is 3.15. The fraction of sp³-hybridized carbons (Fsp3) is 0.238. The number of allylic oxidation sites excluding steroid dienone is 2. The van der Waals surface area contributed by atoms with Gasteiger partial charge in [0, 0.05) is 17.7 Å². The van der Waals surface area contributed by atoms with Gasteiger partial charge in [0.15, 0.2) is 0 Å².